The Morgan fingerprint density at radius 2 is 1.89 bits per heavy atom. The second-order valence-electron chi connectivity index (χ2n) is 4.51. The Bertz CT molecular complexity index is 460. The van der Waals surface area contributed by atoms with Crippen molar-refractivity contribution in [3.8, 4) is 5.75 Å². The third-order valence-corrected chi connectivity index (χ3v) is 2.82. The quantitative estimate of drug-likeness (QED) is 0.641. The van der Waals surface area contributed by atoms with Crippen molar-refractivity contribution in [1.82, 2.24) is 0 Å². The van der Waals surface area contributed by atoms with Crippen LogP contribution in [0.1, 0.15) is 17.5 Å². The number of nitrogens with two attached hydrogens (primary N) is 1. The minimum Gasteiger partial charge on any atom is -0.494 e. The van der Waals surface area contributed by atoms with Gasteiger partial charge in [-0.2, -0.15) is 0 Å². The highest BCUT2D eigenvalue weighted by Gasteiger charge is 1.96. The molecule has 0 spiro atoms. The van der Waals surface area contributed by atoms with Gasteiger partial charge in [0.15, 0.2) is 0 Å². The van der Waals surface area contributed by atoms with Gasteiger partial charge in [-0.15, -0.1) is 0 Å². The molecular weight excluding hydrogens is 222 g/mol. The number of anilines is 1. The first kappa shape index (κ1) is 12.5. The van der Waals surface area contributed by atoms with Crippen LogP contribution >= 0.6 is 0 Å². The highest BCUT2D eigenvalue weighted by atomic mass is 16.5. The van der Waals surface area contributed by atoms with Crippen LogP contribution in [0.15, 0.2) is 48.5 Å². The van der Waals surface area contributed by atoms with Gasteiger partial charge in [0.05, 0.1) is 6.61 Å². The Labute approximate surface area is 108 Å². The van der Waals surface area contributed by atoms with E-state index in [2.05, 4.69) is 31.2 Å². The van der Waals surface area contributed by atoms with Crippen molar-refractivity contribution in [3.63, 3.8) is 0 Å². The summed E-state index contributed by atoms with van der Waals surface area (Å²) in [4.78, 5) is 0. The summed E-state index contributed by atoms with van der Waals surface area (Å²) in [6, 6.07) is 16.2. The third-order valence-electron chi connectivity index (χ3n) is 2.82. The zero-order valence-corrected chi connectivity index (χ0v) is 10.7. The molecular formula is C16H19NO. The topological polar surface area (TPSA) is 35.2 Å². The van der Waals surface area contributed by atoms with E-state index >= 15 is 0 Å². The van der Waals surface area contributed by atoms with Gasteiger partial charge < -0.3 is 10.5 Å². The van der Waals surface area contributed by atoms with Crippen molar-refractivity contribution >= 4 is 5.69 Å². The van der Waals surface area contributed by atoms with Gasteiger partial charge in [-0.05, 0) is 37.5 Å². The molecule has 94 valence electrons. The summed E-state index contributed by atoms with van der Waals surface area (Å²) in [6.07, 6.45) is 2.06. The maximum Gasteiger partial charge on any atom is 0.121 e. The van der Waals surface area contributed by atoms with Crippen molar-refractivity contribution in [1.29, 1.82) is 0 Å². The second kappa shape index (κ2) is 6.10. The third kappa shape index (κ3) is 3.81. The lowest BCUT2D eigenvalue weighted by Crippen LogP contribution is -2.00. The molecule has 0 atom stereocenters. The van der Waals surface area contributed by atoms with Gasteiger partial charge in [0.2, 0.25) is 0 Å². The molecule has 0 fully saturated rings. The normalized spacial score (nSPS) is 10.3. The van der Waals surface area contributed by atoms with E-state index in [0.717, 1.165) is 30.9 Å². The van der Waals surface area contributed by atoms with E-state index in [-0.39, 0.29) is 0 Å². The monoisotopic (exact) mass is 241 g/mol. The van der Waals surface area contributed by atoms with Crippen LogP contribution in [-0.2, 0) is 6.42 Å². The van der Waals surface area contributed by atoms with E-state index < -0.39 is 0 Å². The van der Waals surface area contributed by atoms with Crippen molar-refractivity contribution in [3.05, 3.63) is 59.7 Å². The van der Waals surface area contributed by atoms with Gasteiger partial charge in [0.25, 0.3) is 0 Å². The highest BCUT2D eigenvalue weighted by molar-refractivity contribution is 5.43. The summed E-state index contributed by atoms with van der Waals surface area (Å²) in [5.74, 6) is 0.847. The van der Waals surface area contributed by atoms with Crippen LogP contribution < -0.4 is 10.5 Å². The fraction of sp³-hybridized carbons (Fsp3) is 0.250. The number of rotatable bonds is 5. The Balaban J connectivity index is 1.76. The Morgan fingerprint density at radius 1 is 1.06 bits per heavy atom. The minimum absolute atomic E-state index is 0.720. The van der Waals surface area contributed by atoms with E-state index in [1.807, 2.05) is 24.3 Å². The van der Waals surface area contributed by atoms with Crippen LogP contribution in [0.4, 0.5) is 5.69 Å². The van der Waals surface area contributed by atoms with Crippen LogP contribution in [-0.4, -0.2) is 6.61 Å². The van der Waals surface area contributed by atoms with E-state index in [0.29, 0.717) is 0 Å². The Morgan fingerprint density at radius 3 is 2.67 bits per heavy atom. The first-order valence-corrected chi connectivity index (χ1v) is 6.28. The molecule has 0 bridgehead atoms. The molecule has 0 unspecified atom stereocenters. The fourth-order valence-electron chi connectivity index (χ4n) is 1.94. The molecule has 2 N–H and O–H groups in total. The first-order valence-electron chi connectivity index (χ1n) is 6.28. The predicted octanol–water partition coefficient (Wildman–Crippen LogP) is 3.59. The molecule has 0 radical (unpaired) electrons. The molecule has 0 heterocycles. The number of hydrogen-bond donors (Lipinski definition) is 1. The molecule has 0 aliphatic heterocycles. The Hall–Kier alpha value is -1.96. The van der Waals surface area contributed by atoms with E-state index in [9.17, 15) is 0 Å². The lowest BCUT2D eigenvalue weighted by atomic mass is 10.1. The molecule has 2 aromatic rings. The molecule has 0 saturated carbocycles. The average molecular weight is 241 g/mol. The summed E-state index contributed by atoms with van der Waals surface area (Å²) >= 11 is 0. The maximum atomic E-state index is 5.69. The summed E-state index contributed by atoms with van der Waals surface area (Å²) in [7, 11) is 0. The van der Waals surface area contributed by atoms with Crippen LogP contribution in [0.25, 0.3) is 0 Å². The highest BCUT2D eigenvalue weighted by Crippen LogP contribution is 2.15. The van der Waals surface area contributed by atoms with E-state index in [1.165, 1.54) is 11.1 Å². The van der Waals surface area contributed by atoms with Crippen LogP contribution in [0, 0.1) is 6.92 Å². The summed E-state index contributed by atoms with van der Waals surface area (Å²) in [5, 5.41) is 0. The average Bonchev–Trinajstić information content (AvgIpc) is 2.35. The van der Waals surface area contributed by atoms with Crippen molar-refractivity contribution in [2.45, 2.75) is 19.8 Å². The van der Waals surface area contributed by atoms with E-state index in [1.54, 1.807) is 0 Å². The number of ether oxygens (including phenoxy) is 1. The summed E-state index contributed by atoms with van der Waals surface area (Å²) < 4.78 is 5.66. The van der Waals surface area contributed by atoms with Crippen molar-refractivity contribution in [2.24, 2.45) is 0 Å². The van der Waals surface area contributed by atoms with Crippen LogP contribution in [0.2, 0.25) is 0 Å². The molecule has 2 aromatic carbocycles. The van der Waals surface area contributed by atoms with Gasteiger partial charge in [-0.1, -0.05) is 35.9 Å². The smallest absolute Gasteiger partial charge is 0.121 e. The molecule has 2 nitrogen and oxygen atoms in total. The largest absolute Gasteiger partial charge is 0.494 e. The maximum absolute atomic E-state index is 5.69. The van der Waals surface area contributed by atoms with Gasteiger partial charge in [0, 0.05) is 11.8 Å². The zero-order chi connectivity index (χ0) is 12.8. The van der Waals surface area contributed by atoms with Gasteiger partial charge in [0.1, 0.15) is 5.75 Å². The van der Waals surface area contributed by atoms with Gasteiger partial charge >= 0.3 is 0 Å². The predicted molar refractivity (Wildman–Crippen MR) is 75.8 cm³/mol. The van der Waals surface area contributed by atoms with Crippen LogP contribution in [0.3, 0.4) is 0 Å². The number of benzene rings is 2. The lowest BCUT2D eigenvalue weighted by Gasteiger charge is -2.07. The lowest BCUT2D eigenvalue weighted by molar-refractivity contribution is 0.311. The second-order valence-corrected chi connectivity index (χ2v) is 4.51. The molecule has 0 aliphatic rings. The van der Waals surface area contributed by atoms with Gasteiger partial charge in [-0.25, -0.2) is 0 Å². The SMILES string of the molecule is Cc1cccc(CCCOc2cccc(N)c2)c1. The summed E-state index contributed by atoms with van der Waals surface area (Å²) in [6.45, 7) is 2.84. The van der Waals surface area contributed by atoms with Crippen molar-refractivity contribution < 1.29 is 4.74 Å². The molecule has 0 saturated heterocycles. The van der Waals surface area contributed by atoms with Crippen molar-refractivity contribution in [2.75, 3.05) is 12.3 Å². The summed E-state index contributed by atoms with van der Waals surface area (Å²) in [5.41, 5.74) is 9.11. The molecule has 0 aliphatic carbocycles. The standard InChI is InChI=1S/C16H19NO/c1-13-5-2-6-14(11-13)7-4-10-18-16-9-3-8-15(17)12-16/h2-3,5-6,8-9,11-12H,4,7,10,17H2,1H3. The zero-order valence-electron chi connectivity index (χ0n) is 10.7. The Kier molecular flexibility index (Phi) is 4.24. The molecule has 18 heavy (non-hydrogen) atoms. The number of nitrogen functional groups attached to an aromatic ring is 1. The molecule has 2 heteroatoms. The molecule has 0 aromatic heterocycles. The molecule has 2 rings (SSSR count). The number of hydrogen-bond acceptors (Lipinski definition) is 2. The minimum atomic E-state index is 0.720. The fourth-order valence-corrected chi connectivity index (χ4v) is 1.94. The first-order chi connectivity index (χ1) is 8.74. The van der Waals surface area contributed by atoms with E-state index in [4.69, 9.17) is 10.5 Å². The van der Waals surface area contributed by atoms with Crippen LogP contribution in [0.5, 0.6) is 5.75 Å². The number of aryl methyl sites for hydroxylation is 2. The molecule has 0 amide bonds. The van der Waals surface area contributed by atoms with Gasteiger partial charge in [-0.3, -0.25) is 0 Å².